The quantitative estimate of drug-likeness (QED) is 0.876. The van der Waals surface area contributed by atoms with Gasteiger partial charge in [0.1, 0.15) is 4.90 Å². The van der Waals surface area contributed by atoms with Gasteiger partial charge in [0.2, 0.25) is 0 Å². The topological polar surface area (TPSA) is 83.5 Å². The van der Waals surface area contributed by atoms with Gasteiger partial charge in [-0.15, -0.1) is 0 Å². The standard InChI is InChI=1S/C16H16ClNO4S/c1-9-6-10(2)15(11(3)7-9)18-23(21,22)14-8-12(16(19)20)4-5-13(14)17/h4-8,18H,1-3H3,(H,19,20). The fraction of sp³-hybridized carbons (Fsp3) is 0.188. The first kappa shape index (κ1) is 17.3. The van der Waals surface area contributed by atoms with Crippen molar-refractivity contribution in [1.29, 1.82) is 0 Å². The summed E-state index contributed by atoms with van der Waals surface area (Å²) in [5, 5.41) is 8.98. The van der Waals surface area contributed by atoms with Gasteiger partial charge in [0, 0.05) is 0 Å². The summed E-state index contributed by atoms with van der Waals surface area (Å²) in [4.78, 5) is 10.8. The first-order valence-electron chi connectivity index (χ1n) is 6.75. The third kappa shape index (κ3) is 3.65. The second kappa shape index (κ2) is 6.22. The Kier molecular flexibility index (Phi) is 4.68. The van der Waals surface area contributed by atoms with E-state index in [1.54, 1.807) is 13.8 Å². The Morgan fingerprint density at radius 3 is 2.17 bits per heavy atom. The molecule has 0 heterocycles. The van der Waals surface area contributed by atoms with Gasteiger partial charge < -0.3 is 5.11 Å². The number of aromatic carboxylic acids is 1. The summed E-state index contributed by atoms with van der Waals surface area (Å²) < 4.78 is 27.7. The zero-order chi connectivity index (χ0) is 17.4. The third-order valence-corrected chi connectivity index (χ3v) is 5.21. The Labute approximate surface area is 140 Å². The molecule has 5 nitrogen and oxygen atoms in total. The highest BCUT2D eigenvalue weighted by atomic mass is 35.5. The summed E-state index contributed by atoms with van der Waals surface area (Å²) in [6, 6.07) is 7.28. The van der Waals surface area contributed by atoms with Gasteiger partial charge in [0.05, 0.1) is 16.3 Å². The summed E-state index contributed by atoms with van der Waals surface area (Å²) in [5.41, 5.74) is 2.89. The molecule has 0 saturated carbocycles. The molecule has 23 heavy (non-hydrogen) atoms. The lowest BCUT2D eigenvalue weighted by Crippen LogP contribution is -2.16. The minimum Gasteiger partial charge on any atom is -0.478 e. The summed E-state index contributed by atoms with van der Waals surface area (Å²) >= 11 is 5.94. The highest BCUT2D eigenvalue weighted by Crippen LogP contribution is 2.28. The smallest absolute Gasteiger partial charge is 0.335 e. The molecular formula is C16H16ClNO4S. The monoisotopic (exact) mass is 353 g/mol. The van der Waals surface area contributed by atoms with E-state index in [4.69, 9.17) is 16.7 Å². The van der Waals surface area contributed by atoms with Gasteiger partial charge in [-0.3, -0.25) is 4.72 Å². The number of rotatable bonds is 4. The number of carboxylic acids is 1. The van der Waals surface area contributed by atoms with Crippen LogP contribution in [0.5, 0.6) is 0 Å². The molecule has 0 bridgehead atoms. The maximum atomic E-state index is 12.6. The van der Waals surface area contributed by atoms with Crippen LogP contribution in [0.4, 0.5) is 5.69 Å². The lowest BCUT2D eigenvalue weighted by atomic mass is 10.1. The van der Waals surface area contributed by atoms with E-state index >= 15 is 0 Å². The van der Waals surface area contributed by atoms with E-state index in [0.29, 0.717) is 5.69 Å². The van der Waals surface area contributed by atoms with E-state index in [9.17, 15) is 13.2 Å². The van der Waals surface area contributed by atoms with Gasteiger partial charge in [0.25, 0.3) is 10.0 Å². The first-order chi connectivity index (χ1) is 10.6. The van der Waals surface area contributed by atoms with Gasteiger partial charge in [-0.2, -0.15) is 0 Å². The molecule has 0 spiro atoms. The minimum atomic E-state index is -4.00. The van der Waals surface area contributed by atoms with E-state index < -0.39 is 16.0 Å². The lowest BCUT2D eigenvalue weighted by Gasteiger charge is -2.15. The Morgan fingerprint density at radius 1 is 1.09 bits per heavy atom. The minimum absolute atomic E-state index is 0.0371. The molecule has 0 amide bonds. The number of carboxylic acid groups (broad SMARTS) is 1. The van der Waals surface area contributed by atoms with Crippen LogP contribution < -0.4 is 4.72 Å². The molecule has 0 aliphatic carbocycles. The first-order valence-corrected chi connectivity index (χ1v) is 8.61. The van der Waals surface area contributed by atoms with Crippen molar-refractivity contribution < 1.29 is 18.3 Å². The summed E-state index contributed by atoms with van der Waals surface area (Å²) in [6.45, 7) is 5.52. The van der Waals surface area contributed by atoms with Crippen LogP contribution >= 0.6 is 11.6 Å². The molecule has 122 valence electrons. The molecule has 0 aliphatic rings. The molecule has 0 radical (unpaired) electrons. The number of hydrogen-bond donors (Lipinski definition) is 2. The van der Waals surface area contributed by atoms with Crippen LogP contribution in [0, 0.1) is 20.8 Å². The van der Waals surface area contributed by atoms with Crippen LogP contribution in [0.3, 0.4) is 0 Å². The zero-order valence-electron chi connectivity index (χ0n) is 12.8. The van der Waals surface area contributed by atoms with Gasteiger partial charge in [0.15, 0.2) is 0 Å². The highest BCUT2D eigenvalue weighted by molar-refractivity contribution is 7.92. The maximum Gasteiger partial charge on any atom is 0.335 e. The predicted molar refractivity (Wildman–Crippen MR) is 89.9 cm³/mol. The average molecular weight is 354 g/mol. The molecule has 2 aromatic rings. The Hall–Kier alpha value is -2.05. The molecule has 7 heteroatoms. The van der Waals surface area contributed by atoms with Gasteiger partial charge in [-0.1, -0.05) is 29.3 Å². The van der Waals surface area contributed by atoms with E-state index in [1.807, 2.05) is 19.1 Å². The Morgan fingerprint density at radius 2 is 1.65 bits per heavy atom. The zero-order valence-corrected chi connectivity index (χ0v) is 14.4. The molecule has 0 aromatic heterocycles. The Bertz CT molecular complexity index is 868. The van der Waals surface area contributed by atoms with Crippen molar-refractivity contribution in [3.8, 4) is 0 Å². The van der Waals surface area contributed by atoms with Crippen molar-refractivity contribution in [3.05, 3.63) is 57.6 Å². The average Bonchev–Trinajstić information content (AvgIpc) is 2.42. The van der Waals surface area contributed by atoms with Crippen molar-refractivity contribution in [2.24, 2.45) is 0 Å². The number of anilines is 1. The fourth-order valence-electron chi connectivity index (χ4n) is 2.37. The van der Waals surface area contributed by atoms with Gasteiger partial charge >= 0.3 is 5.97 Å². The second-order valence-electron chi connectivity index (χ2n) is 5.33. The fourth-order valence-corrected chi connectivity index (χ4v) is 4.10. The largest absolute Gasteiger partial charge is 0.478 e. The number of benzene rings is 2. The van der Waals surface area contributed by atoms with E-state index in [0.717, 1.165) is 22.8 Å². The van der Waals surface area contributed by atoms with Crippen LogP contribution in [0.15, 0.2) is 35.2 Å². The van der Waals surface area contributed by atoms with E-state index in [-0.39, 0.29) is 15.5 Å². The molecular weight excluding hydrogens is 338 g/mol. The van der Waals surface area contributed by atoms with Crippen LogP contribution in [-0.2, 0) is 10.0 Å². The predicted octanol–water partition coefficient (Wildman–Crippen LogP) is 3.76. The molecule has 0 atom stereocenters. The van der Waals surface area contributed by atoms with Crippen molar-refractivity contribution in [2.75, 3.05) is 4.72 Å². The van der Waals surface area contributed by atoms with Crippen LogP contribution in [0.1, 0.15) is 27.0 Å². The van der Waals surface area contributed by atoms with E-state index in [1.165, 1.54) is 12.1 Å². The van der Waals surface area contributed by atoms with E-state index in [2.05, 4.69) is 4.72 Å². The molecule has 0 fully saturated rings. The van der Waals surface area contributed by atoms with Gasteiger partial charge in [-0.25, -0.2) is 13.2 Å². The normalized spacial score (nSPS) is 11.3. The highest BCUT2D eigenvalue weighted by Gasteiger charge is 2.21. The Balaban J connectivity index is 2.52. The number of sulfonamides is 1. The molecule has 0 unspecified atom stereocenters. The number of hydrogen-bond acceptors (Lipinski definition) is 3. The van der Waals surface area contributed by atoms with Crippen molar-refractivity contribution in [2.45, 2.75) is 25.7 Å². The SMILES string of the molecule is Cc1cc(C)c(NS(=O)(=O)c2cc(C(=O)O)ccc2Cl)c(C)c1. The number of aryl methyl sites for hydroxylation is 3. The maximum absolute atomic E-state index is 12.6. The second-order valence-corrected chi connectivity index (χ2v) is 7.39. The number of carbonyl (C=O) groups is 1. The van der Waals surface area contributed by atoms with Crippen molar-refractivity contribution in [1.82, 2.24) is 0 Å². The van der Waals surface area contributed by atoms with Crippen LogP contribution in [-0.4, -0.2) is 19.5 Å². The molecule has 0 aliphatic heterocycles. The van der Waals surface area contributed by atoms with Crippen molar-refractivity contribution in [3.63, 3.8) is 0 Å². The number of halogens is 1. The van der Waals surface area contributed by atoms with Crippen LogP contribution in [0.25, 0.3) is 0 Å². The van der Waals surface area contributed by atoms with Crippen LogP contribution in [0.2, 0.25) is 5.02 Å². The number of nitrogens with one attached hydrogen (secondary N) is 1. The van der Waals surface area contributed by atoms with Gasteiger partial charge in [-0.05, 0) is 50.1 Å². The third-order valence-electron chi connectivity index (χ3n) is 3.38. The summed E-state index contributed by atoms with van der Waals surface area (Å²) in [5.74, 6) is -1.22. The lowest BCUT2D eigenvalue weighted by molar-refractivity contribution is 0.0696. The molecule has 2 rings (SSSR count). The van der Waals surface area contributed by atoms with Crippen molar-refractivity contribution >= 4 is 33.3 Å². The molecule has 2 N–H and O–H groups in total. The summed E-state index contributed by atoms with van der Waals surface area (Å²) in [6.07, 6.45) is 0. The molecule has 2 aromatic carbocycles. The molecule has 0 saturated heterocycles. The summed E-state index contributed by atoms with van der Waals surface area (Å²) in [7, 11) is -4.00.